The summed E-state index contributed by atoms with van der Waals surface area (Å²) in [5.74, 6) is 0.866. The van der Waals surface area contributed by atoms with E-state index in [-0.39, 0.29) is 0 Å². The van der Waals surface area contributed by atoms with Crippen molar-refractivity contribution in [3.05, 3.63) is 83.6 Å². The molecule has 0 saturated heterocycles. The Bertz CT molecular complexity index is 1130. The van der Waals surface area contributed by atoms with Gasteiger partial charge in [-0.1, -0.05) is 12.1 Å². The van der Waals surface area contributed by atoms with Crippen molar-refractivity contribution in [1.29, 1.82) is 5.26 Å². The molecule has 2 N–H and O–H groups in total. The highest BCUT2D eigenvalue weighted by atomic mass is 16.5. The zero-order chi connectivity index (χ0) is 20.1. The molecule has 29 heavy (non-hydrogen) atoms. The summed E-state index contributed by atoms with van der Waals surface area (Å²) in [4.78, 5) is 7.61. The van der Waals surface area contributed by atoms with E-state index in [4.69, 9.17) is 10.00 Å². The Morgan fingerprint density at radius 2 is 2.07 bits per heavy atom. The molecule has 2 aromatic heterocycles. The summed E-state index contributed by atoms with van der Waals surface area (Å²) >= 11 is 0. The molecule has 4 rings (SSSR count). The number of aromatic nitrogens is 3. The smallest absolute Gasteiger partial charge is 0.119 e. The number of hydrogen-bond acceptors (Lipinski definition) is 4. The normalized spacial score (nSPS) is 10.9. The number of nitrogens with one attached hydrogen (secondary N) is 2. The molecule has 0 spiro atoms. The average Bonchev–Trinajstić information content (AvgIpc) is 3.38. The van der Waals surface area contributed by atoms with Crippen LogP contribution in [0.25, 0.3) is 10.9 Å². The van der Waals surface area contributed by atoms with Crippen molar-refractivity contribution in [2.45, 2.75) is 19.5 Å². The fraction of sp³-hybridized carbons (Fsp3) is 0.217. The highest BCUT2D eigenvalue weighted by molar-refractivity contribution is 5.84. The number of hydrogen-bond donors (Lipinski definition) is 2. The summed E-state index contributed by atoms with van der Waals surface area (Å²) in [6.45, 7) is 2.40. The van der Waals surface area contributed by atoms with Gasteiger partial charge in [0, 0.05) is 55.0 Å². The topological polar surface area (TPSA) is 78.7 Å². The van der Waals surface area contributed by atoms with Gasteiger partial charge >= 0.3 is 0 Å². The fourth-order valence-electron chi connectivity index (χ4n) is 3.45. The second-order valence-electron chi connectivity index (χ2n) is 6.97. The molecule has 4 aromatic rings. The number of imidazole rings is 1. The average molecular weight is 385 g/mol. The molecule has 0 unspecified atom stereocenters. The Kier molecular flexibility index (Phi) is 5.59. The second kappa shape index (κ2) is 8.63. The highest BCUT2D eigenvalue weighted by Crippen LogP contribution is 2.23. The van der Waals surface area contributed by atoms with Crippen molar-refractivity contribution in [2.24, 2.45) is 0 Å². The molecule has 0 radical (unpaired) electrons. The summed E-state index contributed by atoms with van der Waals surface area (Å²) in [5.41, 5.74) is 5.36. The third-order valence-corrected chi connectivity index (χ3v) is 5.08. The van der Waals surface area contributed by atoms with Crippen molar-refractivity contribution in [3.8, 4) is 11.8 Å². The minimum Gasteiger partial charge on any atom is -0.497 e. The van der Waals surface area contributed by atoms with Crippen LogP contribution in [-0.2, 0) is 19.5 Å². The standard InChI is InChI=1S/C23H23N5O/c1-29-21-6-7-23-22(10-21)19(13-27-23)12-25-9-8-20-14-26-16-28(20)15-18-4-2-17(11-24)3-5-18/h2-7,10,13-14,16,25,27H,8-9,12,15H2,1H3. The third-order valence-electron chi connectivity index (χ3n) is 5.08. The summed E-state index contributed by atoms with van der Waals surface area (Å²) in [7, 11) is 1.69. The van der Waals surface area contributed by atoms with Gasteiger partial charge in [0.1, 0.15) is 5.75 Å². The Hall–Kier alpha value is -3.56. The van der Waals surface area contributed by atoms with Crippen LogP contribution in [0.3, 0.4) is 0 Å². The molecule has 0 aliphatic heterocycles. The molecule has 0 bridgehead atoms. The Balaban J connectivity index is 1.34. The minimum absolute atomic E-state index is 0.679. The second-order valence-corrected chi connectivity index (χ2v) is 6.97. The Morgan fingerprint density at radius 3 is 2.86 bits per heavy atom. The van der Waals surface area contributed by atoms with Gasteiger partial charge in [0.2, 0.25) is 0 Å². The first-order chi connectivity index (χ1) is 14.3. The molecule has 6 heteroatoms. The summed E-state index contributed by atoms with van der Waals surface area (Å²) in [6.07, 6.45) is 6.72. The van der Waals surface area contributed by atoms with Gasteiger partial charge in [-0.3, -0.25) is 0 Å². The molecule has 0 saturated carbocycles. The van der Waals surface area contributed by atoms with E-state index in [0.717, 1.165) is 42.9 Å². The monoisotopic (exact) mass is 385 g/mol. The lowest BCUT2D eigenvalue weighted by Gasteiger charge is -2.09. The largest absolute Gasteiger partial charge is 0.497 e. The van der Waals surface area contributed by atoms with E-state index >= 15 is 0 Å². The van der Waals surface area contributed by atoms with Gasteiger partial charge in [0.05, 0.1) is 25.1 Å². The maximum absolute atomic E-state index is 8.92. The molecule has 2 heterocycles. The molecular formula is C23H23N5O. The number of rotatable bonds is 8. The zero-order valence-corrected chi connectivity index (χ0v) is 16.4. The molecule has 0 atom stereocenters. The predicted molar refractivity (Wildman–Crippen MR) is 113 cm³/mol. The van der Waals surface area contributed by atoms with E-state index < -0.39 is 0 Å². The van der Waals surface area contributed by atoms with Gasteiger partial charge in [-0.2, -0.15) is 5.26 Å². The van der Waals surface area contributed by atoms with Crippen LogP contribution in [0.2, 0.25) is 0 Å². The number of benzene rings is 2. The molecule has 6 nitrogen and oxygen atoms in total. The quantitative estimate of drug-likeness (QED) is 0.454. The van der Waals surface area contributed by atoms with E-state index in [1.807, 2.05) is 55.1 Å². The van der Waals surface area contributed by atoms with Gasteiger partial charge in [-0.15, -0.1) is 0 Å². The number of H-pyrrole nitrogens is 1. The van der Waals surface area contributed by atoms with Crippen molar-refractivity contribution in [1.82, 2.24) is 19.9 Å². The Labute approximate surface area is 169 Å². The van der Waals surface area contributed by atoms with E-state index in [1.165, 1.54) is 16.6 Å². The molecule has 0 aliphatic carbocycles. The number of aromatic amines is 1. The van der Waals surface area contributed by atoms with E-state index in [0.29, 0.717) is 5.56 Å². The van der Waals surface area contributed by atoms with Crippen LogP contribution < -0.4 is 10.1 Å². The number of nitrogens with zero attached hydrogens (tertiary/aromatic N) is 3. The molecule has 0 fully saturated rings. The predicted octanol–water partition coefficient (Wildman–Crippen LogP) is 3.63. The minimum atomic E-state index is 0.679. The maximum Gasteiger partial charge on any atom is 0.119 e. The van der Waals surface area contributed by atoms with Crippen molar-refractivity contribution >= 4 is 10.9 Å². The van der Waals surface area contributed by atoms with Crippen LogP contribution in [-0.4, -0.2) is 28.2 Å². The first kappa shape index (κ1) is 18.8. The van der Waals surface area contributed by atoms with Gasteiger partial charge in [-0.05, 0) is 41.5 Å². The summed E-state index contributed by atoms with van der Waals surface area (Å²) < 4.78 is 7.49. The fourth-order valence-corrected chi connectivity index (χ4v) is 3.45. The van der Waals surface area contributed by atoms with Crippen molar-refractivity contribution in [2.75, 3.05) is 13.7 Å². The SMILES string of the molecule is COc1ccc2[nH]cc(CNCCc3cncn3Cc3ccc(C#N)cc3)c2c1. The summed E-state index contributed by atoms with van der Waals surface area (Å²) in [6, 6.07) is 15.9. The zero-order valence-electron chi connectivity index (χ0n) is 16.4. The number of ether oxygens (including phenoxy) is 1. The van der Waals surface area contributed by atoms with Gasteiger partial charge in [0.15, 0.2) is 0 Å². The van der Waals surface area contributed by atoms with Crippen LogP contribution in [0.15, 0.2) is 61.2 Å². The van der Waals surface area contributed by atoms with Crippen LogP contribution in [0.5, 0.6) is 5.75 Å². The molecule has 0 amide bonds. The van der Waals surface area contributed by atoms with E-state index in [1.54, 1.807) is 7.11 Å². The van der Waals surface area contributed by atoms with Crippen molar-refractivity contribution < 1.29 is 4.74 Å². The third kappa shape index (κ3) is 4.31. The number of nitriles is 1. The Morgan fingerprint density at radius 1 is 1.21 bits per heavy atom. The maximum atomic E-state index is 8.92. The first-order valence-corrected chi connectivity index (χ1v) is 9.59. The van der Waals surface area contributed by atoms with Crippen LogP contribution >= 0.6 is 0 Å². The molecular weight excluding hydrogens is 362 g/mol. The molecule has 0 aliphatic rings. The van der Waals surface area contributed by atoms with Crippen LogP contribution in [0.4, 0.5) is 0 Å². The number of fused-ring (bicyclic) bond motifs is 1. The van der Waals surface area contributed by atoms with Crippen molar-refractivity contribution in [3.63, 3.8) is 0 Å². The summed E-state index contributed by atoms with van der Waals surface area (Å²) in [5, 5.41) is 13.6. The lowest BCUT2D eigenvalue weighted by atomic mass is 10.1. The van der Waals surface area contributed by atoms with Crippen LogP contribution in [0.1, 0.15) is 22.4 Å². The number of methoxy groups -OCH3 is 1. The van der Waals surface area contributed by atoms with Gasteiger partial charge in [0.25, 0.3) is 0 Å². The van der Waals surface area contributed by atoms with Crippen LogP contribution in [0, 0.1) is 11.3 Å². The van der Waals surface area contributed by atoms with Gasteiger partial charge in [-0.25, -0.2) is 4.98 Å². The van der Waals surface area contributed by atoms with Gasteiger partial charge < -0.3 is 19.6 Å². The van der Waals surface area contributed by atoms with E-state index in [9.17, 15) is 0 Å². The molecule has 2 aromatic carbocycles. The molecule has 146 valence electrons. The first-order valence-electron chi connectivity index (χ1n) is 9.59. The van der Waals surface area contributed by atoms with E-state index in [2.05, 4.69) is 32.0 Å². The lowest BCUT2D eigenvalue weighted by Crippen LogP contribution is -2.18. The lowest BCUT2D eigenvalue weighted by molar-refractivity contribution is 0.415. The highest BCUT2D eigenvalue weighted by Gasteiger charge is 2.06.